The van der Waals surface area contributed by atoms with Gasteiger partial charge in [0.1, 0.15) is 0 Å². The fraction of sp³-hybridized carbons (Fsp3) is 0.118. The maximum atomic E-state index is 12.6. The van der Waals surface area contributed by atoms with Crippen molar-refractivity contribution in [2.75, 3.05) is 12.0 Å². The average Bonchev–Trinajstić information content (AvgIpc) is 2.87. The summed E-state index contributed by atoms with van der Waals surface area (Å²) in [4.78, 5) is 15.8. The molecule has 2 aromatic carbocycles. The Kier molecular flexibility index (Phi) is 4.85. The van der Waals surface area contributed by atoms with Gasteiger partial charge in [0.05, 0.1) is 11.4 Å². The molecular weight excluding hydrogens is 442 g/mol. The molecule has 0 fully saturated rings. The molecular formula is C17H13Br2NO2S. The van der Waals surface area contributed by atoms with E-state index in [9.17, 15) is 9.00 Å². The zero-order valence-corrected chi connectivity index (χ0v) is 16.2. The Morgan fingerprint density at radius 3 is 2.52 bits per heavy atom. The van der Waals surface area contributed by atoms with Crippen LogP contribution in [0, 0.1) is 0 Å². The smallest absolute Gasteiger partial charge is 0.192 e. The highest BCUT2D eigenvalue weighted by Crippen LogP contribution is 2.38. The third kappa shape index (κ3) is 3.34. The summed E-state index contributed by atoms with van der Waals surface area (Å²) in [5.41, 5.74) is 3.15. The Hall–Kier alpha value is -1.24. The third-order valence-corrected chi connectivity index (χ3v) is 5.24. The van der Waals surface area contributed by atoms with E-state index in [0.717, 1.165) is 31.0 Å². The molecule has 3 aromatic rings. The molecule has 0 radical (unpaired) electrons. The summed E-state index contributed by atoms with van der Waals surface area (Å²) >= 11 is 7.05. The lowest BCUT2D eigenvalue weighted by Gasteiger charge is -2.05. The van der Waals surface area contributed by atoms with Crippen LogP contribution in [0.2, 0.25) is 0 Å². The monoisotopic (exact) mass is 453 g/mol. The Bertz CT molecular complexity index is 919. The molecule has 0 aliphatic heterocycles. The summed E-state index contributed by atoms with van der Waals surface area (Å²) in [7, 11) is -1.18. The lowest BCUT2D eigenvalue weighted by molar-refractivity contribution is 0.101. The topological polar surface area (TPSA) is 49.9 Å². The third-order valence-electron chi connectivity index (χ3n) is 3.49. The van der Waals surface area contributed by atoms with Crippen LogP contribution in [-0.2, 0) is 10.8 Å². The van der Waals surface area contributed by atoms with Crippen LogP contribution in [0.3, 0.4) is 0 Å². The van der Waals surface area contributed by atoms with Gasteiger partial charge in [-0.2, -0.15) is 0 Å². The van der Waals surface area contributed by atoms with Crippen molar-refractivity contribution in [3.63, 3.8) is 0 Å². The van der Waals surface area contributed by atoms with Crippen LogP contribution < -0.4 is 0 Å². The number of rotatable bonds is 4. The van der Waals surface area contributed by atoms with Crippen molar-refractivity contribution in [3.8, 4) is 11.1 Å². The maximum absolute atomic E-state index is 12.6. The quantitative estimate of drug-likeness (QED) is 0.568. The molecule has 1 N–H and O–H groups in total. The predicted molar refractivity (Wildman–Crippen MR) is 102 cm³/mol. The van der Waals surface area contributed by atoms with Gasteiger partial charge in [-0.15, -0.1) is 0 Å². The number of ketones is 1. The first-order chi connectivity index (χ1) is 11.0. The van der Waals surface area contributed by atoms with E-state index >= 15 is 0 Å². The average molecular weight is 455 g/mol. The van der Waals surface area contributed by atoms with Gasteiger partial charge in [0.15, 0.2) is 5.78 Å². The zero-order valence-electron chi connectivity index (χ0n) is 12.2. The minimum Gasteiger partial charge on any atom is -0.351 e. The Morgan fingerprint density at radius 2 is 1.87 bits per heavy atom. The number of fused-ring (bicyclic) bond motifs is 1. The highest BCUT2D eigenvalue weighted by Gasteiger charge is 2.21. The van der Waals surface area contributed by atoms with E-state index in [1.807, 2.05) is 42.5 Å². The number of aromatic nitrogens is 1. The molecule has 0 aliphatic rings. The second-order valence-corrected chi connectivity index (χ2v) is 8.40. The van der Waals surface area contributed by atoms with E-state index in [1.165, 1.54) is 6.26 Å². The van der Waals surface area contributed by atoms with Crippen molar-refractivity contribution in [1.82, 2.24) is 4.98 Å². The largest absolute Gasteiger partial charge is 0.351 e. The summed E-state index contributed by atoms with van der Waals surface area (Å²) in [6.07, 6.45) is 1.54. The van der Waals surface area contributed by atoms with Gasteiger partial charge in [0, 0.05) is 42.5 Å². The molecule has 6 heteroatoms. The number of benzene rings is 2. The molecule has 0 saturated heterocycles. The zero-order chi connectivity index (χ0) is 16.6. The van der Waals surface area contributed by atoms with Crippen LogP contribution in [0.25, 0.3) is 22.0 Å². The highest BCUT2D eigenvalue weighted by molar-refractivity contribution is 9.11. The fourth-order valence-corrected chi connectivity index (χ4v) is 4.54. The number of carbonyl (C=O) groups excluding carboxylic acids is 1. The number of aromatic amines is 1. The van der Waals surface area contributed by atoms with Crippen molar-refractivity contribution in [2.45, 2.75) is 0 Å². The normalized spacial score (nSPS) is 12.5. The van der Waals surface area contributed by atoms with Crippen LogP contribution >= 0.6 is 31.9 Å². The molecule has 0 aliphatic carbocycles. The number of H-pyrrole nitrogens is 1. The molecule has 3 nitrogen and oxygen atoms in total. The molecule has 1 heterocycles. The van der Waals surface area contributed by atoms with E-state index in [1.54, 1.807) is 0 Å². The molecule has 0 saturated carbocycles. The van der Waals surface area contributed by atoms with E-state index in [2.05, 4.69) is 36.8 Å². The van der Waals surface area contributed by atoms with Crippen LogP contribution in [0.4, 0.5) is 0 Å². The second kappa shape index (κ2) is 6.71. The van der Waals surface area contributed by atoms with E-state index in [0.29, 0.717) is 5.69 Å². The number of hydrogen-bond donors (Lipinski definition) is 1. The number of hydrogen-bond acceptors (Lipinski definition) is 2. The van der Waals surface area contributed by atoms with Crippen molar-refractivity contribution < 1.29 is 9.00 Å². The molecule has 0 spiro atoms. The summed E-state index contributed by atoms with van der Waals surface area (Å²) in [6, 6.07) is 13.6. The van der Waals surface area contributed by atoms with E-state index < -0.39 is 10.8 Å². The summed E-state index contributed by atoms with van der Waals surface area (Å²) in [6.45, 7) is 0. The SMILES string of the molecule is CS(=O)CC(=O)c1[nH]c2cc(Br)cc(Br)c2c1-c1ccccc1. The summed E-state index contributed by atoms with van der Waals surface area (Å²) in [5, 5.41) is 0.949. The highest BCUT2D eigenvalue weighted by atomic mass is 79.9. The van der Waals surface area contributed by atoms with Gasteiger partial charge >= 0.3 is 0 Å². The van der Waals surface area contributed by atoms with Crippen molar-refractivity contribution in [1.29, 1.82) is 0 Å². The number of nitrogens with one attached hydrogen (secondary N) is 1. The Balaban J connectivity index is 2.33. The molecule has 118 valence electrons. The molecule has 1 unspecified atom stereocenters. The van der Waals surface area contributed by atoms with Crippen molar-refractivity contribution in [3.05, 3.63) is 57.1 Å². The van der Waals surface area contributed by atoms with Gasteiger partial charge in [-0.25, -0.2) is 0 Å². The number of halogens is 2. The van der Waals surface area contributed by atoms with Crippen molar-refractivity contribution in [2.24, 2.45) is 0 Å². The lowest BCUT2D eigenvalue weighted by atomic mass is 10.0. The predicted octanol–water partition coefficient (Wildman–Crippen LogP) is 4.92. The molecule has 0 bridgehead atoms. The van der Waals surface area contributed by atoms with Gasteiger partial charge in [-0.05, 0) is 17.7 Å². The van der Waals surface area contributed by atoms with Crippen LogP contribution in [-0.4, -0.2) is 27.0 Å². The van der Waals surface area contributed by atoms with E-state index in [-0.39, 0.29) is 11.5 Å². The lowest BCUT2D eigenvalue weighted by Crippen LogP contribution is -2.11. The molecule has 3 rings (SSSR count). The standard InChI is InChI=1S/C17H13Br2NO2S/c1-23(22)9-14(21)17-15(10-5-3-2-4-6-10)16-12(19)7-11(18)8-13(16)20-17/h2-8,20H,9H2,1H3. The van der Waals surface area contributed by atoms with Crippen LogP contribution in [0.15, 0.2) is 51.4 Å². The van der Waals surface area contributed by atoms with Gasteiger partial charge in [-0.1, -0.05) is 62.2 Å². The first-order valence-corrected chi connectivity index (χ1v) is 10.2. The van der Waals surface area contributed by atoms with Gasteiger partial charge < -0.3 is 4.98 Å². The molecule has 1 atom stereocenters. The minimum absolute atomic E-state index is 0.00540. The van der Waals surface area contributed by atoms with E-state index in [4.69, 9.17) is 0 Å². The Morgan fingerprint density at radius 1 is 1.17 bits per heavy atom. The first-order valence-electron chi connectivity index (χ1n) is 6.86. The first kappa shape index (κ1) is 16.6. The number of Topliss-reactive ketones (excluding diaryl/α,β-unsaturated/α-hetero) is 1. The van der Waals surface area contributed by atoms with Gasteiger partial charge in [0.25, 0.3) is 0 Å². The van der Waals surface area contributed by atoms with Crippen LogP contribution in [0.5, 0.6) is 0 Å². The van der Waals surface area contributed by atoms with Gasteiger partial charge in [0.2, 0.25) is 0 Å². The summed E-state index contributed by atoms with van der Waals surface area (Å²) in [5.74, 6) is -0.144. The molecule has 0 amide bonds. The molecule has 23 heavy (non-hydrogen) atoms. The van der Waals surface area contributed by atoms with Crippen molar-refractivity contribution >= 4 is 59.3 Å². The van der Waals surface area contributed by atoms with Crippen LogP contribution in [0.1, 0.15) is 10.5 Å². The minimum atomic E-state index is -1.18. The second-order valence-electron chi connectivity index (χ2n) is 5.19. The number of carbonyl (C=O) groups is 1. The summed E-state index contributed by atoms with van der Waals surface area (Å²) < 4.78 is 13.3. The van der Waals surface area contributed by atoms with Gasteiger partial charge in [-0.3, -0.25) is 9.00 Å². The fourth-order valence-electron chi connectivity index (χ4n) is 2.61. The molecule has 1 aromatic heterocycles. The Labute approximate surface area is 153 Å². The maximum Gasteiger partial charge on any atom is 0.192 e.